The Morgan fingerprint density at radius 3 is 2.75 bits per heavy atom. The summed E-state index contributed by atoms with van der Waals surface area (Å²) in [7, 11) is 0. The second kappa shape index (κ2) is 4.00. The van der Waals surface area contributed by atoms with Crippen molar-refractivity contribution in [2.45, 2.75) is 20.8 Å². The van der Waals surface area contributed by atoms with Crippen LogP contribution < -0.4 is 0 Å². The quantitative estimate of drug-likeness (QED) is 0.667. The van der Waals surface area contributed by atoms with Gasteiger partial charge in [0.25, 0.3) is 0 Å². The van der Waals surface area contributed by atoms with Crippen LogP contribution in [0.3, 0.4) is 0 Å². The summed E-state index contributed by atoms with van der Waals surface area (Å²) in [5.41, 5.74) is 2.13. The highest BCUT2D eigenvalue weighted by Crippen LogP contribution is 2.05. The fourth-order valence-electron chi connectivity index (χ4n) is 0.853. The molecule has 2 heteroatoms. The first-order valence-corrected chi connectivity index (χ1v) is 4.16. The normalized spacial score (nSPS) is 11.3. The average molecular weight is 162 g/mol. The molecule has 0 unspecified atom stereocenters. The first-order valence-electron chi connectivity index (χ1n) is 4.16. The molecular weight excluding hydrogens is 148 g/mol. The van der Waals surface area contributed by atoms with Crippen molar-refractivity contribution < 1.29 is 0 Å². The molecule has 1 rings (SSSR count). The highest BCUT2D eigenvalue weighted by Gasteiger charge is 1.93. The molecule has 1 aromatic heterocycles. The Morgan fingerprint density at radius 1 is 1.42 bits per heavy atom. The lowest BCUT2D eigenvalue weighted by molar-refractivity contribution is 0.835. The molecule has 0 fully saturated rings. The summed E-state index contributed by atoms with van der Waals surface area (Å²) in [5, 5.41) is 7.84. The van der Waals surface area contributed by atoms with Crippen LogP contribution in [0.2, 0.25) is 0 Å². The molecule has 0 aliphatic heterocycles. The van der Waals surface area contributed by atoms with E-state index in [4.69, 9.17) is 0 Å². The Kier molecular flexibility index (Phi) is 2.97. The SMILES string of the molecule is Cc1ccnnc1/C=C/C(C)C. The molecule has 0 atom stereocenters. The van der Waals surface area contributed by atoms with Gasteiger partial charge in [-0.1, -0.05) is 19.9 Å². The summed E-state index contributed by atoms with van der Waals surface area (Å²) >= 11 is 0. The molecule has 1 heterocycles. The van der Waals surface area contributed by atoms with Crippen molar-refractivity contribution in [1.29, 1.82) is 0 Å². The van der Waals surface area contributed by atoms with Gasteiger partial charge in [-0.25, -0.2) is 0 Å². The number of rotatable bonds is 2. The van der Waals surface area contributed by atoms with Crippen molar-refractivity contribution in [3.8, 4) is 0 Å². The number of aromatic nitrogens is 2. The molecule has 0 amide bonds. The molecule has 1 aromatic rings. The molecule has 64 valence electrons. The van der Waals surface area contributed by atoms with Crippen LogP contribution in [0.25, 0.3) is 6.08 Å². The van der Waals surface area contributed by atoms with Crippen LogP contribution >= 0.6 is 0 Å². The summed E-state index contributed by atoms with van der Waals surface area (Å²) < 4.78 is 0. The van der Waals surface area contributed by atoms with Crippen molar-refractivity contribution in [3.05, 3.63) is 29.6 Å². The summed E-state index contributed by atoms with van der Waals surface area (Å²) in [6.45, 7) is 6.32. The van der Waals surface area contributed by atoms with E-state index in [0.717, 1.165) is 5.69 Å². The van der Waals surface area contributed by atoms with Gasteiger partial charge in [0.15, 0.2) is 0 Å². The highest BCUT2D eigenvalue weighted by molar-refractivity contribution is 5.47. The molecular formula is C10H14N2. The highest BCUT2D eigenvalue weighted by atomic mass is 15.1. The Hall–Kier alpha value is -1.18. The predicted octanol–water partition coefficient (Wildman–Crippen LogP) is 2.45. The number of hydrogen-bond acceptors (Lipinski definition) is 2. The zero-order chi connectivity index (χ0) is 8.97. The minimum Gasteiger partial charge on any atom is -0.159 e. The fourth-order valence-corrected chi connectivity index (χ4v) is 0.853. The molecule has 0 N–H and O–H groups in total. The maximum absolute atomic E-state index is 4.01. The third kappa shape index (κ3) is 2.46. The van der Waals surface area contributed by atoms with E-state index in [-0.39, 0.29) is 0 Å². The number of allylic oxidation sites excluding steroid dienone is 1. The summed E-state index contributed by atoms with van der Waals surface area (Å²) in [6, 6.07) is 1.97. The molecule has 0 saturated heterocycles. The van der Waals surface area contributed by atoms with Gasteiger partial charge in [0.2, 0.25) is 0 Å². The second-order valence-electron chi connectivity index (χ2n) is 3.20. The largest absolute Gasteiger partial charge is 0.159 e. The van der Waals surface area contributed by atoms with Gasteiger partial charge in [-0.15, -0.1) is 0 Å². The van der Waals surface area contributed by atoms with Gasteiger partial charge in [0, 0.05) is 6.20 Å². The zero-order valence-corrected chi connectivity index (χ0v) is 7.78. The number of aryl methyl sites for hydroxylation is 1. The summed E-state index contributed by atoms with van der Waals surface area (Å²) in [5.74, 6) is 0.561. The Bertz CT molecular complexity index is 277. The third-order valence-corrected chi connectivity index (χ3v) is 1.60. The Morgan fingerprint density at radius 2 is 2.17 bits per heavy atom. The van der Waals surface area contributed by atoms with Crippen LogP contribution in [-0.4, -0.2) is 10.2 Å². The van der Waals surface area contributed by atoms with Crippen molar-refractivity contribution in [2.24, 2.45) is 5.92 Å². The van der Waals surface area contributed by atoms with Crippen LogP contribution in [0.15, 0.2) is 18.3 Å². The smallest absolute Gasteiger partial charge is 0.0883 e. The zero-order valence-electron chi connectivity index (χ0n) is 7.78. The number of hydrogen-bond donors (Lipinski definition) is 0. The standard InChI is InChI=1S/C10H14N2/c1-8(2)4-5-10-9(3)6-7-11-12-10/h4-8H,1-3H3/b5-4+. The molecule has 0 aliphatic carbocycles. The number of nitrogens with zero attached hydrogens (tertiary/aromatic N) is 2. The van der Waals surface area contributed by atoms with Gasteiger partial charge in [-0.3, -0.25) is 0 Å². The van der Waals surface area contributed by atoms with Crippen LogP contribution in [0.4, 0.5) is 0 Å². The second-order valence-corrected chi connectivity index (χ2v) is 3.20. The van der Waals surface area contributed by atoms with Crippen LogP contribution in [0.5, 0.6) is 0 Å². The Balaban J connectivity index is 2.82. The van der Waals surface area contributed by atoms with Crippen LogP contribution in [0.1, 0.15) is 25.1 Å². The van der Waals surface area contributed by atoms with E-state index >= 15 is 0 Å². The molecule has 0 spiro atoms. The van der Waals surface area contributed by atoms with Crippen LogP contribution in [-0.2, 0) is 0 Å². The van der Waals surface area contributed by atoms with Crippen molar-refractivity contribution in [1.82, 2.24) is 10.2 Å². The minimum atomic E-state index is 0.561. The van der Waals surface area contributed by atoms with Gasteiger partial charge < -0.3 is 0 Å². The van der Waals surface area contributed by atoms with Gasteiger partial charge in [0.1, 0.15) is 0 Å². The van der Waals surface area contributed by atoms with Crippen molar-refractivity contribution >= 4 is 6.08 Å². The molecule has 0 saturated carbocycles. The average Bonchev–Trinajstić information content (AvgIpc) is 2.03. The molecule has 2 nitrogen and oxygen atoms in total. The fraction of sp³-hybridized carbons (Fsp3) is 0.400. The van der Waals surface area contributed by atoms with Crippen molar-refractivity contribution in [2.75, 3.05) is 0 Å². The first-order chi connectivity index (χ1) is 5.70. The maximum atomic E-state index is 4.01. The van der Waals surface area contributed by atoms with E-state index in [1.807, 2.05) is 19.1 Å². The van der Waals surface area contributed by atoms with Gasteiger partial charge in [-0.05, 0) is 30.5 Å². The summed E-state index contributed by atoms with van der Waals surface area (Å²) in [4.78, 5) is 0. The first kappa shape index (κ1) is 8.91. The van der Waals surface area contributed by atoms with Gasteiger partial charge >= 0.3 is 0 Å². The monoisotopic (exact) mass is 162 g/mol. The van der Waals surface area contributed by atoms with Gasteiger partial charge in [0.05, 0.1) is 5.69 Å². The van der Waals surface area contributed by atoms with E-state index in [2.05, 4.69) is 30.1 Å². The predicted molar refractivity (Wildman–Crippen MR) is 50.6 cm³/mol. The van der Waals surface area contributed by atoms with E-state index in [1.54, 1.807) is 6.20 Å². The molecule has 0 aliphatic rings. The summed E-state index contributed by atoms with van der Waals surface area (Å²) in [6.07, 6.45) is 5.85. The van der Waals surface area contributed by atoms with E-state index in [0.29, 0.717) is 5.92 Å². The van der Waals surface area contributed by atoms with Crippen LogP contribution in [0, 0.1) is 12.8 Å². The molecule has 0 aromatic carbocycles. The topological polar surface area (TPSA) is 25.8 Å². The maximum Gasteiger partial charge on any atom is 0.0883 e. The van der Waals surface area contributed by atoms with E-state index in [9.17, 15) is 0 Å². The van der Waals surface area contributed by atoms with E-state index < -0.39 is 0 Å². The van der Waals surface area contributed by atoms with E-state index in [1.165, 1.54) is 5.56 Å². The lowest BCUT2D eigenvalue weighted by atomic mass is 10.1. The molecule has 12 heavy (non-hydrogen) atoms. The third-order valence-electron chi connectivity index (χ3n) is 1.60. The minimum absolute atomic E-state index is 0.561. The lowest BCUT2D eigenvalue weighted by Gasteiger charge is -1.97. The Labute approximate surface area is 73.3 Å². The molecule has 0 radical (unpaired) electrons. The molecule has 0 bridgehead atoms. The van der Waals surface area contributed by atoms with Gasteiger partial charge in [-0.2, -0.15) is 10.2 Å². The van der Waals surface area contributed by atoms with Crippen molar-refractivity contribution in [3.63, 3.8) is 0 Å². The lowest BCUT2D eigenvalue weighted by Crippen LogP contribution is -1.89.